The summed E-state index contributed by atoms with van der Waals surface area (Å²) in [6.07, 6.45) is 0. The Morgan fingerprint density at radius 3 is 1.50 bits per heavy atom. The van der Waals surface area contributed by atoms with Crippen LogP contribution in [0.1, 0.15) is 0 Å². The van der Waals surface area contributed by atoms with Crippen molar-refractivity contribution in [3.8, 4) is 0 Å². The molecule has 0 fully saturated rings. The molecule has 2 atom stereocenters. The first-order chi connectivity index (χ1) is 6.45. The fourth-order valence-corrected chi connectivity index (χ4v) is 0.539. The van der Waals surface area contributed by atoms with Crippen molar-refractivity contribution in [1.29, 1.82) is 0 Å². The maximum atomic E-state index is 10.2. The van der Waals surface area contributed by atoms with Gasteiger partial charge < -0.3 is 21.7 Å². The van der Waals surface area contributed by atoms with Crippen molar-refractivity contribution in [2.24, 2.45) is 11.5 Å². The van der Waals surface area contributed by atoms with Crippen molar-refractivity contribution < 1.29 is 19.8 Å². The van der Waals surface area contributed by atoms with Crippen molar-refractivity contribution in [3.05, 3.63) is 0 Å². The van der Waals surface area contributed by atoms with E-state index in [1.54, 1.807) is 0 Å². The van der Waals surface area contributed by atoms with Gasteiger partial charge in [0.2, 0.25) is 0 Å². The molecular formula is C6H14N4O4. The van der Waals surface area contributed by atoms with Crippen molar-refractivity contribution in [2.45, 2.75) is 12.1 Å². The Balaban J connectivity index is 3.47. The smallest absolute Gasteiger partial charge is 0.321 e. The quantitative estimate of drug-likeness (QED) is 0.189. The molecule has 2 unspecified atom stereocenters. The van der Waals surface area contributed by atoms with E-state index in [0.29, 0.717) is 0 Å². The number of nitrogens with one attached hydrogen (secondary N) is 2. The van der Waals surface area contributed by atoms with Crippen LogP contribution in [-0.4, -0.2) is 47.3 Å². The van der Waals surface area contributed by atoms with Crippen LogP contribution in [0.25, 0.3) is 0 Å². The molecule has 8 nitrogen and oxygen atoms in total. The number of hydrogen-bond donors (Lipinski definition) is 6. The minimum absolute atomic E-state index is 0.0122. The average molecular weight is 206 g/mol. The van der Waals surface area contributed by atoms with Crippen LogP contribution in [0.3, 0.4) is 0 Å². The third kappa shape index (κ3) is 5.43. The number of hydrazine groups is 1. The van der Waals surface area contributed by atoms with Gasteiger partial charge in [-0.2, -0.15) is 0 Å². The summed E-state index contributed by atoms with van der Waals surface area (Å²) in [7, 11) is 0. The Bertz CT molecular complexity index is 188. The zero-order valence-corrected chi connectivity index (χ0v) is 7.43. The lowest BCUT2D eigenvalue weighted by Crippen LogP contribution is -2.50. The number of carboxylic acid groups (broad SMARTS) is 2. The SMILES string of the molecule is NC(CNNCC(N)C(=O)O)C(=O)O. The summed E-state index contributed by atoms with van der Waals surface area (Å²) >= 11 is 0. The van der Waals surface area contributed by atoms with Gasteiger partial charge in [0.15, 0.2) is 0 Å². The van der Waals surface area contributed by atoms with Crippen LogP contribution < -0.4 is 22.3 Å². The fourth-order valence-electron chi connectivity index (χ4n) is 0.539. The number of nitrogens with two attached hydrogens (primary N) is 2. The second kappa shape index (κ2) is 6.27. The predicted molar refractivity (Wildman–Crippen MR) is 47.2 cm³/mol. The Kier molecular flexibility index (Phi) is 5.72. The van der Waals surface area contributed by atoms with Crippen molar-refractivity contribution >= 4 is 11.9 Å². The second-order valence-corrected chi connectivity index (χ2v) is 2.65. The number of aliphatic carboxylic acids is 2. The highest BCUT2D eigenvalue weighted by Crippen LogP contribution is 1.75. The van der Waals surface area contributed by atoms with E-state index in [-0.39, 0.29) is 13.1 Å². The highest BCUT2D eigenvalue weighted by atomic mass is 16.4. The van der Waals surface area contributed by atoms with E-state index < -0.39 is 24.0 Å². The first kappa shape index (κ1) is 12.8. The van der Waals surface area contributed by atoms with Crippen LogP contribution >= 0.6 is 0 Å². The Morgan fingerprint density at radius 2 is 1.29 bits per heavy atom. The highest BCUT2D eigenvalue weighted by Gasteiger charge is 2.12. The molecule has 0 rings (SSSR count). The third-order valence-electron chi connectivity index (χ3n) is 1.40. The first-order valence-corrected chi connectivity index (χ1v) is 3.87. The zero-order valence-electron chi connectivity index (χ0n) is 7.43. The molecule has 0 radical (unpaired) electrons. The van der Waals surface area contributed by atoms with Gasteiger partial charge in [-0.05, 0) is 0 Å². The fraction of sp³-hybridized carbons (Fsp3) is 0.667. The van der Waals surface area contributed by atoms with Gasteiger partial charge in [0.25, 0.3) is 0 Å². The lowest BCUT2D eigenvalue weighted by Gasteiger charge is -2.11. The van der Waals surface area contributed by atoms with Crippen LogP contribution in [0.4, 0.5) is 0 Å². The van der Waals surface area contributed by atoms with Gasteiger partial charge in [0.1, 0.15) is 12.1 Å². The summed E-state index contributed by atoms with van der Waals surface area (Å²) < 4.78 is 0. The summed E-state index contributed by atoms with van der Waals surface area (Å²) in [5.41, 5.74) is 15.2. The van der Waals surface area contributed by atoms with Crippen LogP contribution in [0.15, 0.2) is 0 Å². The third-order valence-corrected chi connectivity index (χ3v) is 1.40. The van der Waals surface area contributed by atoms with Crippen molar-refractivity contribution in [1.82, 2.24) is 10.9 Å². The molecule has 0 aromatic rings. The lowest BCUT2D eigenvalue weighted by atomic mass is 10.3. The van der Waals surface area contributed by atoms with Crippen LogP contribution in [0.2, 0.25) is 0 Å². The lowest BCUT2D eigenvalue weighted by molar-refractivity contribution is -0.139. The molecule has 8 heteroatoms. The molecule has 0 aromatic carbocycles. The summed E-state index contributed by atoms with van der Waals surface area (Å²) in [4.78, 5) is 20.4. The zero-order chi connectivity index (χ0) is 11.1. The van der Waals surface area contributed by atoms with Gasteiger partial charge in [-0.15, -0.1) is 0 Å². The Labute approximate surface area is 80.2 Å². The van der Waals surface area contributed by atoms with Gasteiger partial charge in [0, 0.05) is 13.1 Å². The molecular weight excluding hydrogens is 192 g/mol. The molecule has 0 aliphatic heterocycles. The largest absolute Gasteiger partial charge is 0.480 e. The molecule has 0 saturated heterocycles. The molecule has 82 valence electrons. The monoisotopic (exact) mass is 206 g/mol. The van der Waals surface area contributed by atoms with E-state index in [1.807, 2.05) is 0 Å². The standard InChI is InChI=1S/C6H14N4O4/c7-3(5(11)12)1-9-10-2-4(8)6(13)14/h3-4,9-10H,1-2,7-8H2,(H,11,12)(H,13,14). The summed E-state index contributed by atoms with van der Waals surface area (Å²) in [5, 5.41) is 16.7. The first-order valence-electron chi connectivity index (χ1n) is 3.87. The molecule has 0 bridgehead atoms. The molecule has 0 aromatic heterocycles. The predicted octanol–water partition coefficient (Wildman–Crippen LogP) is -3.10. The summed E-state index contributed by atoms with van der Waals surface area (Å²) in [5.74, 6) is -2.27. The molecule has 0 saturated carbocycles. The summed E-state index contributed by atoms with van der Waals surface area (Å²) in [6, 6.07) is -2.08. The Hall–Kier alpha value is -1.22. The number of carboxylic acids is 2. The van der Waals surface area contributed by atoms with Gasteiger partial charge in [0.05, 0.1) is 0 Å². The minimum atomic E-state index is -1.14. The number of carbonyl (C=O) groups is 2. The normalized spacial score (nSPS) is 14.7. The molecule has 8 N–H and O–H groups in total. The Morgan fingerprint density at radius 1 is 1.00 bits per heavy atom. The van der Waals surface area contributed by atoms with E-state index >= 15 is 0 Å². The van der Waals surface area contributed by atoms with Gasteiger partial charge >= 0.3 is 11.9 Å². The maximum absolute atomic E-state index is 10.2. The van der Waals surface area contributed by atoms with Crippen LogP contribution in [-0.2, 0) is 9.59 Å². The van der Waals surface area contributed by atoms with Crippen LogP contribution in [0.5, 0.6) is 0 Å². The van der Waals surface area contributed by atoms with E-state index in [2.05, 4.69) is 10.9 Å². The second-order valence-electron chi connectivity index (χ2n) is 2.65. The van der Waals surface area contributed by atoms with E-state index in [4.69, 9.17) is 21.7 Å². The summed E-state index contributed by atoms with van der Waals surface area (Å²) in [6.45, 7) is -0.0245. The minimum Gasteiger partial charge on any atom is -0.480 e. The van der Waals surface area contributed by atoms with Crippen molar-refractivity contribution in [2.75, 3.05) is 13.1 Å². The van der Waals surface area contributed by atoms with Crippen LogP contribution in [0, 0.1) is 0 Å². The topological polar surface area (TPSA) is 151 Å². The highest BCUT2D eigenvalue weighted by molar-refractivity contribution is 5.73. The molecule has 0 aliphatic rings. The van der Waals surface area contributed by atoms with Gasteiger partial charge in [-0.25, -0.2) is 0 Å². The molecule has 14 heavy (non-hydrogen) atoms. The molecule has 0 amide bonds. The van der Waals surface area contributed by atoms with Gasteiger partial charge in [-0.1, -0.05) is 0 Å². The average Bonchev–Trinajstić information content (AvgIpc) is 2.11. The molecule has 0 aliphatic carbocycles. The molecule has 0 spiro atoms. The molecule has 0 heterocycles. The maximum Gasteiger partial charge on any atom is 0.321 e. The number of rotatable bonds is 7. The van der Waals surface area contributed by atoms with E-state index in [9.17, 15) is 9.59 Å². The van der Waals surface area contributed by atoms with Gasteiger partial charge in [-0.3, -0.25) is 20.4 Å². The van der Waals surface area contributed by atoms with Crippen molar-refractivity contribution in [3.63, 3.8) is 0 Å². The van der Waals surface area contributed by atoms with E-state index in [0.717, 1.165) is 0 Å². The van der Waals surface area contributed by atoms with E-state index in [1.165, 1.54) is 0 Å². The number of hydrogen-bond acceptors (Lipinski definition) is 6.